The lowest BCUT2D eigenvalue weighted by atomic mass is 9.96. The van der Waals surface area contributed by atoms with Crippen molar-refractivity contribution < 1.29 is 17.2 Å². The van der Waals surface area contributed by atoms with E-state index in [4.69, 9.17) is 0 Å². The van der Waals surface area contributed by atoms with Crippen LogP contribution in [0.2, 0.25) is 0 Å². The molecule has 0 heterocycles. The highest BCUT2D eigenvalue weighted by molar-refractivity contribution is 7.91. The fourth-order valence-electron chi connectivity index (χ4n) is 2.44. The summed E-state index contributed by atoms with van der Waals surface area (Å²) in [4.78, 5) is 0. The van der Waals surface area contributed by atoms with E-state index in [2.05, 4.69) is 5.32 Å². The van der Waals surface area contributed by atoms with Gasteiger partial charge in [0.2, 0.25) is 5.92 Å². The van der Waals surface area contributed by atoms with Crippen molar-refractivity contribution in [2.24, 2.45) is 5.92 Å². The van der Waals surface area contributed by atoms with Crippen LogP contribution in [0.4, 0.5) is 8.78 Å². The molecule has 102 valence electrons. The standard InChI is InChI=1S/C11H21F2NO2S/c1-8(17(3,15)16)10(14-2)6-9-4-5-11(12,13)7-9/h8-10,14H,4-7H2,1-3H3. The molecule has 3 atom stereocenters. The summed E-state index contributed by atoms with van der Waals surface area (Å²) in [5, 5.41) is 2.40. The maximum Gasteiger partial charge on any atom is 0.248 e. The molecule has 1 N–H and O–H groups in total. The zero-order chi connectivity index (χ0) is 13.3. The minimum absolute atomic E-state index is 0.0681. The van der Waals surface area contributed by atoms with Gasteiger partial charge in [0.15, 0.2) is 9.84 Å². The van der Waals surface area contributed by atoms with Crippen molar-refractivity contribution in [3.63, 3.8) is 0 Å². The summed E-state index contributed by atoms with van der Waals surface area (Å²) in [6.45, 7) is 1.63. The molecule has 0 aromatic rings. The Balaban J connectivity index is 2.60. The molecule has 1 saturated carbocycles. The van der Waals surface area contributed by atoms with E-state index < -0.39 is 21.0 Å². The summed E-state index contributed by atoms with van der Waals surface area (Å²) in [6, 6.07) is -0.246. The van der Waals surface area contributed by atoms with Crippen molar-refractivity contribution in [2.75, 3.05) is 13.3 Å². The van der Waals surface area contributed by atoms with Gasteiger partial charge in [0.25, 0.3) is 0 Å². The molecule has 17 heavy (non-hydrogen) atoms. The molecular formula is C11H21F2NO2S. The molecule has 0 bridgehead atoms. The van der Waals surface area contributed by atoms with Gasteiger partial charge in [0.1, 0.15) is 0 Å². The average molecular weight is 269 g/mol. The van der Waals surface area contributed by atoms with E-state index in [0.29, 0.717) is 12.8 Å². The lowest BCUT2D eigenvalue weighted by Crippen LogP contribution is -2.41. The Hall–Kier alpha value is -0.230. The Labute approximate surface area is 102 Å². The molecule has 0 aromatic carbocycles. The molecule has 0 radical (unpaired) electrons. The van der Waals surface area contributed by atoms with Gasteiger partial charge in [-0.15, -0.1) is 0 Å². The van der Waals surface area contributed by atoms with Crippen molar-refractivity contribution in [2.45, 2.75) is 49.8 Å². The summed E-state index contributed by atoms with van der Waals surface area (Å²) in [5.74, 6) is -2.64. The number of halogens is 2. The smallest absolute Gasteiger partial charge is 0.248 e. The Bertz CT molecular complexity index is 356. The van der Waals surface area contributed by atoms with Gasteiger partial charge in [0, 0.05) is 25.1 Å². The number of alkyl halides is 2. The summed E-state index contributed by atoms with van der Waals surface area (Å²) in [7, 11) is -1.45. The third kappa shape index (κ3) is 4.17. The van der Waals surface area contributed by atoms with E-state index in [1.807, 2.05) is 0 Å². The fraction of sp³-hybridized carbons (Fsp3) is 1.00. The Morgan fingerprint density at radius 3 is 2.41 bits per heavy atom. The first kappa shape index (κ1) is 14.8. The van der Waals surface area contributed by atoms with Crippen molar-refractivity contribution in [3.8, 4) is 0 Å². The molecule has 1 aliphatic rings. The van der Waals surface area contributed by atoms with E-state index in [0.717, 1.165) is 0 Å². The molecule has 0 amide bonds. The molecule has 0 aliphatic heterocycles. The maximum absolute atomic E-state index is 13.0. The van der Waals surface area contributed by atoms with E-state index in [1.54, 1.807) is 14.0 Å². The van der Waals surface area contributed by atoms with Crippen LogP contribution in [0.1, 0.15) is 32.6 Å². The highest BCUT2D eigenvalue weighted by Gasteiger charge is 2.40. The average Bonchev–Trinajstić information content (AvgIpc) is 2.52. The molecule has 1 aliphatic carbocycles. The van der Waals surface area contributed by atoms with Gasteiger partial charge in [-0.3, -0.25) is 0 Å². The first-order chi connectivity index (χ1) is 7.65. The van der Waals surface area contributed by atoms with E-state index >= 15 is 0 Å². The van der Waals surface area contributed by atoms with Gasteiger partial charge in [-0.1, -0.05) is 0 Å². The number of sulfone groups is 1. The van der Waals surface area contributed by atoms with Crippen LogP contribution in [0.15, 0.2) is 0 Å². The van der Waals surface area contributed by atoms with Crippen molar-refractivity contribution in [1.29, 1.82) is 0 Å². The lowest BCUT2D eigenvalue weighted by Gasteiger charge is -2.25. The van der Waals surface area contributed by atoms with Gasteiger partial charge in [-0.25, -0.2) is 17.2 Å². The third-order valence-electron chi connectivity index (χ3n) is 3.71. The Kier molecular flexibility index (Phi) is 4.52. The minimum Gasteiger partial charge on any atom is -0.316 e. The molecule has 3 nitrogen and oxygen atoms in total. The molecule has 0 spiro atoms. The second-order valence-corrected chi connectivity index (χ2v) is 7.53. The minimum atomic E-state index is -3.13. The van der Waals surface area contributed by atoms with Gasteiger partial charge >= 0.3 is 0 Å². The van der Waals surface area contributed by atoms with Crippen LogP contribution in [-0.2, 0) is 9.84 Å². The molecule has 1 fully saturated rings. The van der Waals surface area contributed by atoms with Crippen LogP contribution >= 0.6 is 0 Å². The van der Waals surface area contributed by atoms with Crippen molar-refractivity contribution in [1.82, 2.24) is 5.32 Å². The topological polar surface area (TPSA) is 46.2 Å². The van der Waals surface area contributed by atoms with Crippen LogP contribution in [0, 0.1) is 5.92 Å². The van der Waals surface area contributed by atoms with Crippen LogP contribution in [0.3, 0.4) is 0 Å². The van der Waals surface area contributed by atoms with E-state index in [9.17, 15) is 17.2 Å². The molecule has 1 rings (SSSR count). The summed E-state index contributed by atoms with van der Waals surface area (Å²) < 4.78 is 49.0. The summed E-state index contributed by atoms with van der Waals surface area (Å²) >= 11 is 0. The molecule has 0 saturated heterocycles. The molecule has 0 aromatic heterocycles. The predicted octanol–water partition coefficient (Wildman–Crippen LogP) is 1.83. The summed E-state index contributed by atoms with van der Waals surface area (Å²) in [5.41, 5.74) is 0. The van der Waals surface area contributed by atoms with Gasteiger partial charge in [-0.05, 0) is 32.7 Å². The van der Waals surface area contributed by atoms with Crippen molar-refractivity contribution in [3.05, 3.63) is 0 Å². The highest BCUT2D eigenvalue weighted by atomic mass is 32.2. The Morgan fingerprint density at radius 1 is 1.47 bits per heavy atom. The predicted molar refractivity (Wildman–Crippen MR) is 64.1 cm³/mol. The number of hydrogen-bond acceptors (Lipinski definition) is 3. The summed E-state index contributed by atoms with van der Waals surface area (Å²) in [6.07, 6.45) is 2.00. The quantitative estimate of drug-likeness (QED) is 0.828. The monoisotopic (exact) mass is 269 g/mol. The molecule has 3 unspecified atom stereocenters. The van der Waals surface area contributed by atoms with Crippen LogP contribution in [-0.4, -0.2) is 38.9 Å². The van der Waals surface area contributed by atoms with Crippen LogP contribution in [0.25, 0.3) is 0 Å². The second kappa shape index (κ2) is 5.18. The van der Waals surface area contributed by atoms with Gasteiger partial charge < -0.3 is 5.32 Å². The van der Waals surface area contributed by atoms with Gasteiger partial charge in [-0.2, -0.15) is 0 Å². The third-order valence-corrected chi connectivity index (χ3v) is 5.38. The van der Waals surface area contributed by atoms with Gasteiger partial charge in [0.05, 0.1) is 5.25 Å². The maximum atomic E-state index is 13.0. The SMILES string of the molecule is CNC(CC1CCC(F)(F)C1)C(C)S(C)(=O)=O. The fourth-order valence-corrected chi connectivity index (χ4v) is 3.29. The normalized spacial score (nSPS) is 27.9. The molecule has 6 heteroatoms. The zero-order valence-electron chi connectivity index (χ0n) is 10.5. The number of hydrogen-bond donors (Lipinski definition) is 1. The lowest BCUT2D eigenvalue weighted by molar-refractivity contribution is 0.00435. The molecular weight excluding hydrogens is 248 g/mol. The van der Waals surface area contributed by atoms with Crippen LogP contribution in [0.5, 0.6) is 0 Å². The highest BCUT2D eigenvalue weighted by Crippen LogP contribution is 2.41. The zero-order valence-corrected chi connectivity index (χ0v) is 11.4. The first-order valence-electron chi connectivity index (χ1n) is 5.89. The number of rotatable bonds is 5. The Morgan fingerprint density at radius 2 is 2.06 bits per heavy atom. The van der Waals surface area contributed by atoms with Crippen molar-refractivity contribution >= 4 is 9.84 Å². The van der Waals surface area contributed by atoms with E-state index in [-0.39, 0.29) is 24.8 Å². The van der Waals surface area contributed by atoms with Crippen LogP contribution < -0.4 is 5.32 Å². The van der Waals surface area contributed by atoms with E-state index in [1.165, 1.54) is 6.26 Å². The largest absolute Gasteiger partial charge is 0.316 e. The second-order valence-electron chi connectivity index (χ2n) is 5.13. The number of nitrogens with one attached hydrogen (secondary N) is 1. The first-order valence-corrected chi connectivity index (χ1v) is 7.85.